The van der Waals surface area contributed by atoms with E-state index in [0.717, 1.165) is 24.0 Å². The Bertz CT molecular complexity index is 660. The van der Waals surface area contributed by atoms with Crippen LogP contribution in [0.3, 0.4) is 0 Å². The molecule has 1 atom stereocenters. The van der Waals surface area contributed by atoms with Crippen molar-refractivity contribution in [1.82, 2.24) is 10.3 Å². The zero-order chi connectivity index (χ0) is 15.4. The van der Waals surface area contributed by atoms with E-state index in [1.54, 1.807) is 24.5 Å². The van der Waals surface area contributed by atoms with E-state index >= 15 is 0 Å². The van der Waals surface area contributed by atoms with Gasteiger partial charge in [0.15, 0.2) is 0 Å². The molecule has 0 saturated carbocycles. The first-order chi connectivity index (χ1) is 10.7. The van der Waals surface area contributed by atoms with Crippen molar-refractivity contribution in [3.63, 3.8) is 0 Å². The number of pyridine rings is 1. The van der Waals surface area contributed by atoms with Crippen LogP contribution in [0.4, 0.5) is 10.5 Å². The molecule has 2 aromatic rings. The number of anilines is 1. The maximum Gasteiger partial charge on any atom is 0.319 e. The summed E-state index contributed by atoms with van der Waals surface area (Å²) in [5.41, 5.74) is 1.76. The van der Waals surface area contributed by atoms with E-state index in [-0.39, 0.29) is 12.6 Å². The molecule has 0 saturated heterocycles. The summed E-state index contributed by atoms with van der Waals surface area (Å²) in [5, 5.41) is 16.4. The molecule has 3 rings (SSSR count). The number of hydrogen-bond donors (Lipinski definition) is 3. The van der Waals surface area contributed by atoms with Crippen molar-refractivity contribution in [3.8, 4) is 0 Å². The molecule has 0 radical (unpaired) electrons. The molecular formula is C17H19N3O2. The van der Waals surface area contributed by atoms with Crippen LogP contribution in [-0.2, 0) is 12.0 Å². The first kappa shape index (κ1) is 14.5. The number of urea groups is 1. The number of amides is 2. The van der Waals surface area contributed by atoms with Crippen molar-refractivity contribution >= 4 is 11.7 Å². The second-order valence-corrected chi connectivity index (χ2v) is 5.59. The van der Waals surface area contributed by atoms with E-state index in [1.807, 2.05) is 24.3 Å². The van der Waals surface area contributed by atoms with Gasteiger partial charge in [-0.2, -0.15) is 0 Å². The summed E-state index contributed by atoms with van der Waals surface area (Å²) in [6.07, 6.45) is 5.77. The van der Waals surface area contributed by atoms with Gasteiger partial charge in [0.05, 0.1) is 6.54 Å². The van der Waals surface area contributed by atoms with Gasteiger partial charge in [0.2, 0.25) is 0 Å². The zero-order valence-electron chi connectivity index (χ0n) is 12.2. The van der Waals surface area contributed by atoms with Crippen LogP contribution in [-0.4, -0.2) is 22.7 Å². The van der Waals surface area contributed by atoms with Crippen molar-refractivity contribution in [1.29, 1.82) is 0 Å². The van der Waals surface area contributed by atoms with Gasteiger partial charge in [-0.1, -0.05) is 24.3 Å². The summed E-state index contributed by atoms with van der Waals surface area (Å²) in [4.78, 5) is 15.9. The summed E-state index contributed by atoms with van der Waals surface area (Å²) in [7, 11) is 0. The molecule has 1 aliphatic rings. The first-order valence-corrected chi connectivity index (χ1v) is 7.43. The Morgan fingerprint density at radius 2 is 2.00 bits per heavy atom. The largest absolute Gasteiger partial charge is 0.383 e. The summed E-state index contributed by atoms with van der Waals surface area (Å²) >= 11 is 0. The highest BCUT2D eigenvalue weighted by atomic mass is 16.3. The fourth-order valence-electron chi connectivity index (χ4n) is 2.92. The number of carbonyl (C=O) groups is 1. The van der Waals surface area contributed by atoms with Gasteiger partial charge >= 0.3 is 6.03 Å². The van der Waals surface area contributed by atoms with Gasteiger partial charge in [0, 0.05) is 18.1 Å². The van der Waals surface area contributed by atoms with Crippen molar-refractivity contribution in [2.75, 3.05) is 11.9 Å². The number of aryl methyl sites for hydroxylation is 1. The predicted molar refractivity (Wildman–Crippen MR) is 84.5 cm³/mol. The topological polar surface area (TPSA) is 74.2 Å². The lowest BCUT2D eigenvalue weighted by atomic mass is 9.79. The maximum atomic E-state index is 12.0. The standard InChI is InChI=1S/C17H19N3O2/c21-16(20-14-7-10-18-11-8-14)19-12-17(22)9-3-5-13-4-1-2-6-15(13)17/h1-2,4,6-8,10-11,22H,3,5,9,12H2,(H2,18,19,20,21)/t17-/m0/s1. The van der Waals surface area contributed by atoms with Crippen molar-refractivity contribution in [2.45, 2.75) is 24.9 Å². The van der Waals surface area contributed by atoms with Gasteiger partial charge in [-0.3, -0.25) is 4.98 Å². The average Bonchev–Trinajstić information content (AvgIpc) is 2.55. The normalized spacial score (nSPS) is 20.0. The predicted octanol–water partition coefficient (Wildman–Crippen LogP) is 2.43. The van der Waals surface area contributed by atoms with E-state index in [2.05, 4.69) is 15.6 Å². The number of aromatic nitrogens is 1. The smallest absolute Gasteiger partial charge is 0.319 e. The van der Waals surface area contributed by atoms with Crippen LogP contribution < -0.4 is 10.6 Å². The minimum atomic E-state index is -0.996. The monoisotopic (exact) mass is 297 g/mol. The molecular weight excluding hydrogens is 278 g/mol. The highest BCUT2D eigenvalue weighted by Crippen LogP contribution is 2.34. The lowest BCUT2D eigenvalue weighted by molar-refractivity contribution is 0.0221. The Labute approximate surface area is 129 Å². The SMILES string of the molecule is O=C(NC[C@@]1(O)CCCc2ccccc21)Nc1ccncc1. The van der Waals surface area contributed by atoms with E-state index < -0.39 is 5.60 Å². The summed E-state index contributed by atoms with van der Waals surface area (Å²) in [6, 6.07) is 11.0. The molecule has 2 amide bonds. The molecule has 1 aromatic heterocycles. The fraction of sp³-hybridized carbons (Fsp3) is 0.294. The van der Waals surface area contributed by atoms with Crippen LogP contribution in [0.5, 0.6) is 0 Å². The minimum Gasteiger partial charge on any atom is -0.383 e. The van der Waals surface area contributed by atoms with Crippen molar-refractivity contribution in [2.24, 2.45) is 0 Å². The number of carbonyl (C=O) groups excluding carboxylic acids is 1. The molecule has 0 fully saturated rings. The molecule has 3 N–H and O–H groups in total. The molecule has 5 heteroatoms. The number of nitrogens with zero attached hydrogens (tertiary/aromatic N) is 1. The van der Waals surface area contributed by atoms with Crippen LogP contribution in [0.25, 0.3) is 0 Å². The van der Waals surface area contributed by atoms with Crippen LogP contribution in [0, 0.1) is 0 Å². The molecule has 114 valence electrons. The zero-order valence-corrected chi connectivity index (χ0v) is 12.2. The van der Waals surface area contributed by atoms with Crippen molar-refractivity contribution < 1.29 is 9.90 Å². The second-order valence-electron chi connectivity index (χ2n) is 5.59. The van der Waals surface area contributed by atoms with Crippen LogP contribution in [0.15, 0.2) is 48.8 Å². The maximum absolute atomic E-state index is 12.0. The number of fused-ring (bicyclic) bond motifs is 1. The summed E-state index contributed by atoms with van der Waals surface area (Å²) < 4.78 is 0. The van der Waals surface area contributed by atoms with E-state index in [9.17, 15) is 9.90 Å². The Hall–Kier alpha value is -2.40. The molecule has 0 unspecified atom stereocenters. The van der Waals surface area contributed by atoms with Crippen LogP contribution in [0.1, 0.15) is 24.0 Å². The van der Waals surface area contributed by atoms with Crippen LogP contribution in [0.2, 0.25) is 0 Å². The van der Waals surface area contributed by atoms with Gasteiger partial charge < -0.3 is 15.7 Å². The van der Waals surface area contributed by atoms with Gasteiger partial charge in [-0.05, 0) is 42.5 Å². The van der Waals surface area contributed by atoms with E-state index in [1.165, 1.54) is 0 Å². The number of rotatable bonds is 3. The first-order valence-electron chi connectivity index (χ1n) is 7.43. The molecule has 5 nitrogen and oxygen atoms in total. The quantitative estimate of drug-likeness (QED) is 0.814. The Balaban J connectivity index is 1.65. The van der Waals surface area contributed by atoms with Crippen LogP contribution >= 0.6 is 0 Å². The number of nitrogens with one attached hydrogen (secondary N) is 2. The molecule has 1 aromatic carbocycles. The molecule has 1 aliphatic carbocycles. The Kier molecular flexibility index (Phi) is 4.06. The lowest BCUT2D eigenvalue weighted by Gasteiger charge is -2.34. The van der Waals surface area contributed by atoms with Gasteiger partial charge in [0.25, 0.3) is 0 Å². The molecule has 1 heterocycles. The van der Waals surface area contributed by atoms with Gasteiger partial charge in [-0.25, -0.2) is 4.79 Å². The fourth-order valence-corrected chi connectivity index (χ4v) is 2.92. The second kappa shape index (κ2) is 6.15. The molecule has 0 spiro atoms. The van der Waals surface area contributed by atoms with E-state index in [0.29, 0.717) is 12.1 Å². The number of hydrogen-bond acceptors (Lipinski definition) is 3. The number of benzene rings is 1. The summed E-state index contributed by atoms with van der Waals surface area (Å²) in [5.74, 6) is 0. The molecule has 0 bridgehead atoms. The van der Waals surface area contributed by atoms with Gasteiger partial charge in [-0.15, -0.1) is 0 Å². The number of aliphatic hydroxyl groups is 1. The summed E-state index contributed by atoms with van der Waals surface area (Å²) in [6.45, 7) is 0.195. The van der Waals surface area contributed by atoms with Gasteiger partial charge in [0.1, 0.15) is 5.60 Å². The third-order valence-electron chi connectivity index (χ3n) is 4.03. The van der Waals surface area contributed by atoms with Crippen molar-refractivity contribution in [3.05, 3.63) is 59.9 Å². The minimum absolute atomic E-state index is 0.195. The highest BCUT2D eigenvalue weighted by Gasteiger charge is 2.34. The third kappa shape index (κ3) is 3.09. The highest BCUT2D eigenvalue weighted by molar-refractivity contribution is 5.89. The third-order valence-corrected chi connectivity index (χ3v) is 4.03. The average molecular weight is 297 g/mol. The lowest BCUT2D eigenvalue weighted by Crippen LogP contribution is -2.44. The Morgan fingerprint density at radius 3 is 2.82 bits per heavy atom. The molecule has 0 aliphatic heterocycles. The molecule has 22 heavy (non-hydrogen) atoms. The van der Waals surface area contributed by atoms with E-state index in [4.69, 9.17) is 0 Å². The Morgan fingerprint density at radius 1 is 1.23 bits per heavy atom.